The van der Waals surface area contributed by atoms with E-state index in [9.17, 15) is 5.11 Å². The van der Waals surface area contributed by atoms with Crippen molar-refractivity contribution in [2.75, 3.05) is 0 Å². The van der Waals surface area contributed by atoms with Gasteiger partial charge in [0.25, 0.3) is 0 Å². The number of phenols is 1. The summed E-state index contributed by atoms with van der Waals surface area (Å²) in [5.74, 6) is 1.02. The number of ether oxygens (including phenoxy) is 1. The largest absolute Gasteiger partial charge is 0.507 e. The van der Waals surface area contributed by atoms with Crippen molar-refractivity contribution >= 4 is 21.8 Å². The van der Waals surface area contributed by atoms with Gasteiger partial charge in [0.1, 0.15) is 5.75 Å². The van der Waals surface area contributed by atoms with Crippen LogP contribution in [0, 0.1) is 0 Å². The second-order valence-electron chi connectivity index (χ2n) is 8.99. The summed E-state index contributed by atoms with van der Waals surface area (Å²) >= 11 is 0. The highest BCUT2D eigenvalue weighted by molar-refractivity contribution is 6.15. The number of hydrogen-bond donors (Lipinski definition) is 1. The lowest BCUT2D eigenvalue weighted by molar-refractivity contribution is 0.232. The first-order valence-electron chi connectivity index (χ1n) is 12.0. The van der Waals surface area contributed by atoms with E-state index in [2.05, 4.69) is 76.3 Å². The Morgan fingerprint density at radius 1 is 0.722 bits per heavy atom. The Bertz CT molecular complexity index is 1700. The molecular weight excluding hydrogens is 446 g/mol. The lowest BCUT2D eigenvalue weighted by Crippen LogP contribution is -2.08. The monoisotopic (exact) mass is 471 g/mol. The van der Waals surface area contributed by atoms with Crippen molar-refractivity contribution in [1.82, 2.24) is 14.5 Å². The van der Waals surface area contributed by atoms with Crippen molar-refractivity contribution in [2.24, 2.45) is 0 Å². The maximum atomic E-state index is 10.5. The molecule has 0 fully saturated rings. The summed E-state index contributed by atoms with van der Waals surface area (Å²) in [6.07, 6.45) is -0.0549. The number of hydrogen-bond acceptors (Lipinski definition) is 4. The van der Waals surface area contributed by atoms with Crippen molar-refractivity contribution in [3.8, 4) is 40.0 Å². The van der Waals surface area contributed by atoms with Gasteiger partial charge in [-0.25, -0.2) is 4.98 Å². The van der Waals surface area contributed by atoms with Gasteiger partial charge in [0.05, 0.1) is 28.4 Å². The van der Waals surface area contributed by atoms with Crippen LogP contribution in [0.3, 0.4) is 0 Å². The Hall–Kier alpha value is -4.64. The first-order valence-corrected chi connectivity index (χ1v) is 12.0. The van der Waals surface area contributed by atoms with Gasteiger partial charge in [-0.2, -0.15) is 4.98 Å². The number of benzene rings is 4. The number of phenolic OH excluding ortho intramolecular Hbond substituents is 1. The molecule has 0 bridgehead atoms. The normalized spacial score (nSPS) is 11.4. The highest BCUT2D eigenvalue weighted by Gasteiger charge is 2.19. The molecule has 1 N–H and O–H groups in total. The van der Waals surface area contributed by atoms with Crippen LogP contribution in [0.1, 0.15) is 13.8 Å². The zero-order chi connectivity index (χ0) is 24.6. The van der Waals surface area contributed by atoms with Crippen molar-refractivity contribution in [3.05, 3.63) is 103 Å². The van der Waals surface area contributed by atoms with E-state index < -0.39 is 0 Å². The maximum absolute atomic E-state index is 10.5. The molecule has 0 unspecified atom stereocenters. The molecule has 0 spiro atoms. The Morgan fingerprint density at radius 3 is 2.22 bits per heavy atom. The van der Waals surface area contributed by atoms with Gasteiger partial charge in [0.2, 0.25) is 5.88 Å². The van der Waals surface area contributed by atoms with Crippen LogP contribution in [0.5, 0.6) is 11.6 Å². The number of fused-ring (bicyclic) bond motifs is 3. The molecule has 36 heavy (non-hydrogen) atoms. The summed E-state index contributed by atoms with van der Waals surface area (Å²) in [5, 5.41) is 12.8. The number of para-hydroxylation sites is 3. The minimum Gasteiger partial charge on any atom is -0.507 e. The number of rotatable bonds is 5. The fraction of sp³-hybridized carbons (Fsp3) is 0.0968. The SMILES string of the molecule is CC(C)Oc1cc(-c2cccc3c2c2ccccc2n3-c2ccccc2)nc(-c2ccccc2O)n1. The predicted molar refractivity (Wildman–Crippen MR) is 145 cm³/mol. The minimum absolute atomic E-state index is 0.0549. The van der Waals surface area contributed by atoms with E-state index in [0.29, 0.717) is 17.3 Å². The van der Waals surface area contributed by atoms with Crippen LogP contribution < -0.4 is 4.74 Å². The Labute approximate surface area is 209 Å². The third-order valence-electron chi connectivity index (χ3n) is 6.19. The molecule has 5 heteroatoms. The Balaban J connectivity index is 1.66. The molecule has 0 saturated carbocycles. The smallest absolute Gasteiger partial charge is 0.217 e. The molecule has 6 aromatic rings. The molecule has 0 saturated heterocycles. The first kappa shape index (κ1) is 21.9. The van der Waals surface area contributed by atoms with Crippen molar-refractivity contribution in [2.45, 2.75) is 20.0 Å². The number of aromatic nitrogens is 3. The molecule has 0 amide bonds. The number of aromatic hydroxyl groups is 1. The second-order valence-corrected chi connectivity index (χ2v) is 8.99. The molecule has 0 aliphatic heterocycles. The van der Waals surface area contributed by atoms with E-state index in [1.54, 1.807) is 12.1 Å². The van der Waals surface area contributed by atoms with Crippen LogP contribution in [-0.2, 0) is 0 Å². The van der Waals surface area contributed by atoms with E-state index >= 15 is 0 Å². The van der Waals surface area contributed by atoms with Gasteiger partial charge in [-0.15, -0.1) is 0 Å². The lowest BCUT2D eigenvalue weighted by Gasteiger charge is -2.13. The van der Waals surface area contributed by atoms with Gasteiger partial charge in [-0.1, -0.05) is 60.7 Å². The topological polar surface area (TPSA) is 60.2 Å². The van der Waals surface area contributed by atoms with Crippen LogP contribution in [0.4, 0.5) is 0 Å². The molecular formula is C31H25N3O2. The Morgan fingerprint density at radius 2 is 1.42 bits per heavy atom. The third-order valence-corrected chi connectivity index (χ3v) is 6.19. The molecule has 4 aromatic carbocycles. The van der Waals surface area contributed by atoms with Crippen LogP contribution in [0.15, 0.2) is 103 Å². The van der Waals surface area contributed by atoms with Gasteiger partial charge >= 0.3 is 0 Å². The molecule has 0 aliphatic carbocycles. The van der Waals surface area contributed by atoms with Gasteiger partial charge < -0.3 is 14.4 Å². The number of nitrogens with zero attached hydrogens (tertiary/aromatic N) is 3. The van der Waals surface area contributed by atoms with Crippen molar-refractivity contribution < 1.29 is 9.84 Å². The summed E-state index contributed by atoms with van der Waals surface area (Å²) in [6, 6.07) is 34.1. The van der Waals surface area contributed by atoms with Crippen LogP contribution in [-0.4, -0.2) is 25.7 Å². The standard InChI is InChI=1S/C31H25N3O2/c1-20(2)36-29-19-25(32-31(33-29)24-14-7-9-18-28(24)35)22-15-10-17-27-30(22)23-13-6-8-16-26(23)34(27)21-11-4-3-5-12-21/h3-20,35H,1-2H3. The fourth-order valence-corrected chi connectivity index (χ4v) is 4.74. The van der Waals surface area contributed by atoms with E-state index in [-0.39, 0.29) is 11.9 Å². The van der Waals surface area contributed by atoms with E-state index in [1.165, 1.54) is 0 Å². The minimum atomic E-state index is -0.0549. The molecule has 0 aliphatic rings. The Kier molecular flexibility index (Phi) is 5.38. The van der Waals surface area contributed by atoms with E-state index in [1.807, 2.05) is 38.1 Å². The summed E-state index contributed by atoms with van der Waals surface area (Å²) in [5.41, 5.74) is 5.59. The van der Waals surface area contributed by atoms with Crippen molar-refractivity contribution in [3.63, 3.8) is 0 Å². The van der Waals surface area contributed by atoms with Gasteiger partial charge in [0.15, 0.2) is 5.82 Å². The highest BCUT2D eigenvalue weighted by Crippen LogP contribution is 2.39. The fourth-order valence-electron chi connectivity index (χ4n) is 4.74. The molecule has 0 radical (unpaired) electrons. The van der Waals surface area contributed by atoms with Gasteiger partial charge in [-0.05, 0) is 50.2 Å². The van der Waals surface area contributed by atoms with E-state index in [0.717, 1.165) is 38.8 Å². The second kappa shape index (κ2) is 8.86. The zero-order valence-electron chi connectivity index (χ0n) is 20.1. The average molecular weight is 472 g/mol. The summed E-state index contributed by atoms with van der Waals surface area (Å²) in [7, 11) is 0. The molecule has 2 heterocycles. The molecule has 176 valence electrons. The molecule has 6 rings (SSSR count). The maximum Gasteiger partial charge on any atom is 0.217 e. The van der Waals surface area contributed by atoms with E-state index in [4.69, 9.17) is 9.72 Å². The molecule has 5 nitrogen and oxygen atoms in total. The van der Waals surface area contributed by atoms with Gasteiger partial charge in [-0.3, -0.25) is 0 Å². The van der Waals surface area contributed by atoms with Gasteiger partial charge in [0, 0.05) is 28.1 Å². The predicted octanol–water partition coefficient (Wildman–Crippen LogP) is 7.40. The third kappa shape index (κ3) is 3.75. The molecule has 0 atom stereocenters. The summed E-state index contributed by atoms with van der Waals surface area (Å²) in [4.78, 5) is 9.55. The van der Waals surface area contributed by atoms with Crippen LogP contribution >= 0.6 is 0 Å². The summed E-state index contributed by atoms with van der Waals surface area (Å²) in [6.45, 7) is 3.94. The quantitative estimate of drug-likeness (QED) is 0.285. The average Bonchev–Trinajstić information content (AvgIpc) is 3.23. The molecule has 2 aromatic heterocycles. The van der Waals surface area contributed by atoms with Crippen LogP contribution in [0.25, 0.3) is 50.1 Å². The highest BCUT2D eigenvalue weighted by atomic mass is 16.5. The first-order chi connectivity index (χ1) is 17.6. The van der Waals surface area contributed by atoms with Crippen molar-refractivity contribution in [1.29, 1.82) is 0 Å². The summed E-state index contributed by atoms with van der Waals surface area (Å²) < 4.78 is 8.30. The zero-order valence-corrected chi connectivity index (χ0v) is 20.1. The van der Waals surface area contributed by atoms with Crippen LogP contribution in [0.2, 0.25) is 0 Å². The lowest BCUT2D eigenvalue weighted by atomic mass is 10.0.